The molecule has 1 fully saturated rings. The standard InChI is InChI=1S/C28H26N2O2/c31-27-16-18-30(21-22(27)20-26-17-19-32-29-26)28(23-10-4-1-5-11-23,24-12-6-2-7-13-24)25-14-8-3-9-15-25/h1-15,17,19-20,27,31H,16,18,21H2/b22-20+. The molecule has 1 atom stereocenters. The summed E-state index contributed by atoms with van der Waals surface area (Å²) in [5, 5.41) is 14.8. The van der Waals surface area contributed by atoms with Gasteiger partial charge in [0.1, 0.15) is 12.0 Å². The number of aliphatic hydroxyl groups excluding tert-OH is 1. The maximum Gasteiger partial charge on any atom is 0.124 e. The summed E-state index contributed by atoms with van der Waals surface area (Å²) in [5.41, 5.74) is 4.79. The molecular weight excluding hydrogens is 396 g/mol. The molecule has 0 bridgehead atoms. The second-order valence-corrected chi connectivity index (χ2v) is 8.18. The lowest BCUT2D eigenvalue weighted by Crippen LogP contribution is -2.52. The van der Waals surface area contributed by atoms with Crippen LogP contribution in [0.15, 0.2) is 113 Å². The number of aromatic nitrogens is 1. The summed E-state index contributed by atoms with van der Waals surface area (Å²) in [6.07, 6.45) is 3.66. The Morgan fingerprint density at radius 3 is 1.81 bits per heavy atom. The van der Waals surface area contributed by atoms with Crippen molar-refractivity contribution in [2.75, 3.05) is 13.1 Å². The highest BCUT2D eigenvalue weighted by Crippen LogP contribution is 2.44. The van der Waals surface area contributed by atoms with E-state index in [4.69, 9.17) is 4.52 Å². The Morgan fingerprint density at radius 1 is 0.812 bits per heavy atom. The van der Waals surface area contributed by atoms with E-state index in [0.717, 1.165) is 17.8 Å². The average Bonchev–Trinajstić information content (AvgIpc) is 3.37. The largest absolute Gasteiger partial charge is 0.389 e. The lowest BCUT2D eigenvalue weighted by atomic mass is 9.74. The van der Waals surface area contributed by atoms with Gasteiger partial charge >= 0.3 is 0 Å². The van der Waals surface area contributed by atoms with Crippen molar-refractivity contribution in [1.29, 1.82) is 0 Å². The monoisotopic (exact) mass is 422 g/mol. The van der Waals surface area contributed by atoms with Crippen molar-refractivity contribution in [2.24, 2.45) is 0 Å². The molecule has 1 unspecified atom stereocenters. The number of nitrogens with zero attached hydrogens (tertiary/aromatic N) is 2. The average molecular weight is 423 g/mol. The van der Waals surface area contributed by atoms with Crippen molar-refractivity contribution in [3.63, 3.8) is 0 Å². The predicted octanol–water partition coefficient (Wildman–Crippen LogP) is 5.12. The molecule has 1 aliphatic heterocycles. The molecule has 4 aromatic rings. The van der Waals surface area contributed by atoms with Crippen molar-refractivity contribution in [3.8, 4) is 0 Å². The van der Waals surface area contributed by atoms with Gasteiger partial charge in [-0.05, 0) is 34.8 Å². The topological polar surface area (TPSA) is 49.5 Å². The zero-order chi connectivity index (χ0) is 21.8. The van der Waals surface area contributed by atoms with Crippen molar-refractivity contribution in [3.05, 3.63) is 131 Å². The lowest BCUT2D eigenvalue weighted by molar-refractivity contribution is 0.0871. The van der Waals surface area contributed by atoms with Crippen LogP contribution in [0, 0.1) is 0 Å². The summed E-state index contributed by atoms with van der Waals surface area (Å²) in [6.45, 7) is 1.38. The third kappa shape index (κ3) is 3.68. The van der Waals surface area contributed by atoms with E-state index >= 15 is 0 Å². The van der Waals surface area contributed by atoms with E-state index in [1.54, 1.807) is 6.26 Å². The number of hydrogen-bond acceptors (Lipinski definition) is 4. The number of aliphatic hydroxyl groups is 1. The van der Waals surface area contributed by atoms with E-state index in [9.17, 15) is 5.11 Å². The van der Waals surface area contributed by atoms with Gasteiger partial charge in [0.25, 0.3) is 0 Å². The first-order chi connectivity index (χ1) is 15.8. The van der Waals surface area contributed by atoms with Gasteiger partial charge in [0.05, 0.1) is 11.6 Å². The minimum Gasteiger partial charge on any atom is -0.389 e. The molecule has 0 spiro atoms. The highest BCUT2D eigenvalue weighted by atomic mass is 16.5. The van der Waals surface area contributed by atoms with E-state index in [2.05, 4.69) is 101 Å². The molecule has 3 aromatic carbocycles. The van der Waals surface area contributed by atoms with Crippen LogP contribution in [0.1, 0.15) is 28.8 Å². The highest BCUT2D eigenvalue weighted by Gasteiger charge is 2.44. The molecule has 2 heterocycles. The molecule has 0 saturated carbocycles. The Labute approximate surface area is 188 Å². The van der Waals surface area contributed by atoms with Crippen molar-refractivity contribution < 1.29 is 9.63 Å². The Hall–Kier alpha value is -3.47. The smallest absolute Gasteiger partial charge is 0.124 e. The van der Waals surface area contributed by atoms with Crippen molar-refractivity contribution in [2.45, 2.75) is 18.1 Å². The van der Waals surface area contributed by atoms with E-state index in [1.165, 1.54) is 16.7 Å². The number of likely N-dealkylation sites (tertiary alicyclic amines) is 1. The van der Waals surface area contributed by atoms with E-state index in [0.29, 0.717) is 13.0 Å². The minimum absolute atomic E-state index is 0.493. The molecular formula is C28H26N2O2. The summed E-state index contributed by atoms with van der Waals surface area (Å²) in [5.74, 6) is 0. The van der Waals surface area contributed by atoms with Crippen LogP contribution >= 0.6 is 0 Å². The Balaban J connectivity index is 1.71. The van der Waals surface area contributed by atoms with E-state index < -0.39 is 11.6 Å². The van der Waals surface area contributed by atoms with Crippen LogP contribution in [0.4, 0.5) is 0 Å². The van der Waals surface area contributed by atoms with Gasteiger partial charge in [0, 0.05) is 19.2 Å². The fraction of sp³-hybridized carbons (Fsp3) is 0.179. The molecule has 1 saturated heterocycles. The summed E-state index contributed by atoms with van der Waals surface area (Å²) in [4.78, 5) is 2.48. The molecule has 32 heavy (non-hydrogen) atoms. The van der Waals surface area contributed by atoms with Crippen molar-refractivity contribution >= 4 is 6.08 Å². The third-order valence-electron chi connectivity index (χ3n) is 6.31. The summed E-state index contributed by atoms with van der Waals surface area (Å²) in [6, 6.07) is 33.8. The third-order valence-corrected chi connectivity index (χ3v) is 6.31. The quantitative estimate of drug-likeness (QED) is 0.454. The molecule has 1 aliphatic rings. The Kier molecular flexibility index (Phi) is 5.71. The molecule has 0 radical (unpaired) electrons. The van der Waals surface area contributed by atoms with Crippen LogP contribution in [0.2, 0.25) is 0 Å². The minimum atomic E-state index is -0.497. The number of benzene rings is 3. The van der Waals surface area contributed by atoms with E-state index in [1.807, 2.05) is 12.1 Å². The SMILES string of the molecule is OC1CCN(C(c2ccccc2)(c2ccccc2)c2ccccc2)C/C1=C\c1ccon1. The predicted molar refractivity (Wildman–Crippen MR) is 126 cm³/mol. The van der Waals surface area contributed by atoms with E-state index in [-0.39, 0.29) is 0 Å². The van der Waals surface area contributed by atoms with Gasteiger partial charge in [-0.3, -0.25) is 4.90 Å². The molecule has 1 N–H and O–H groups in total. The van der Waals surface area contributed by atoms with Gasteiger partial charge in [-0.15, -0.1) is 0 Å². The van der Waals surface area contributed by atoms with Crippen LogP contribution in [0.3, 0.4) is 0 Å². The first-order valence-corrected chi connectivity index (χ1v) is 11.0. The number of rotatable bonds is 5. The maximum atomic E-state index is 10.8. The van der Waals surface area contributed by atoms with Crippen LogP contribution < -0.4 is 0 Å². The zero-order valence-electron chi connectivity index (χ0n) is 17.8. The lowest BCUT2D eigenvalue weighted by Gasteiger charge is -2.48. The normalized spacial score (nSPS) is 18.7. The van der Waals surface area contributed by atoms with Gasteiger partial charge < -0.3 is 9.63 Å². The summed E-state index contributed by atoms with van der Waals surface area (Å²) < 4.78 is 5.00. The fourth-order valence-electron chi connectivity index (χ4n) is 4.87. The van der Waals surface area contributed by atoms with Gasteiger partial charge in [-0.2, -0.15) is 0 Å². The van der Waals surface area contributed by atoms with Crippen LogP contribution in [0.5, 0.6) is 0 Å². The summed E-state index contributed by atoms with van der Waals surface area (Å²) >= 11 is 0. The Bertz CT molecular complexity index is 1060. The Morgan fingerprint density at radius 2 is 1.34 bits per heavy atom. The second-order valence-electron chi connectivity index (χ2n) is 8.18. The molecule has 0 amide bonds. The van der Waals surface area contributed by atoms with Gasteiger partial charge in [0.15, 0.2) is 0 Å². The molecule has 0 aliphatic carbocycles. The highest BCUT2D eigenvalue weighted by molar-refractivity contribution is 5.53. The molecule has 160 valence electrons. The number of piperidine rings is 1. The van der Waals surface area contributed by atoms with Crippen LogP contribution in [0.25, 0.3) is 6.08 Å². The number of hydrogen-bond donors (Lipinski definition) is 1. The van der Waals surface area contributed by atoms with Gasteiger partial charge in [-0.25, -0.2) is 0 Å². The fourth-order valence-corrected chi connectivity index (χ4v) is 4.87. The summed E-state index contributed by atoms with van der Waals surface area (Å²) in [7, 11) is 0. The molecule has 1 aromatic heterocycles. The first kappa shape index (κ1) is 20.4. The molecule has 4 heteroatoms. The molecule has 4 nitrogen and oxygen atoms in total. The van der Waals surface area contributed by atoms with Crippen molar-refractivity contribution in [1.82, 2.24) is 10.1 Å². The molecule has 5 rings (SSSR count). The second kappa shape index (κ2) is 8.95. The maximum absolute atomic E-state index is 10.8. The van der Waals surface area contributed by atoms with Gasteiger partial charge in [0.2, 0.25) is 0 Å². The van der Waals surface area contributed by atoms with Gasteiger partial charge in [-0.1, -0.05) is 96.2 Å². The van der Waals surface area contributed by atoms with Crippen LogP contribution in [-0.2, 0) is 5.54 Å². The van der Waals surface area contributed by atoms with Crippen LogP contribution in [-0.4, -0.2) is 34.4 Å². The first-order valence-electron chi connectivity index (χ1n) is 11.0. The zero-order valence-corrected chi connectivity index (χ0v) is 17.8.